The average molecular weight is 742 g/mol. The highest BCUT2D eigenvalue weighted by Crippen LogP contribution is 2.51. The van der Waals surface area contributed by atoms with Gasteiger partial charge < -0.3 is 9.13 Å². The van der Waals surface area contributed by atoms with Crippen LogP contribution in [0.15, 0.2) is 188 Å². The highest BCUT2D eigenvalue weighted by molar-refractivity contribution is 7.26. The number of thiophene rings is 1. The van der Waals surface area contributed by atoms with Crippen LogP contribution in [0.25, 0.3) is 119 Å². The van der Waals surface area contributed by atoms with Crippen LogP contribution in [0, 0.1) is 0 Å². The van der Waals surface area contributed by atoms with Gasteiger partial charge in [0.2, 0.25) is 0 Å². The molecule has 13 aromatic rings. The smallest absolute Gasteiger partial charge is 0.124 e. The van der Waals surface area contributed by atoms with E-state index in [0.29, 0.717) is 0 Å². The highest BCUT2D eigenvalue weighted by atomic mass is 32.1. The Balaban J connectivity index is 1.16. The number of hydrogen-bond acceptors (Lipinski definition) is 2. The van der Waals surface area contributed by atoms with E-state index in [2.05, 4.69) is 191 Å². The van der Waals surface area contributed by atoms with Gasteiger partial charge >= 0.3 is 0 Å². The molecule has 0 fully saturated rings. The van der Waals surface area contributed by atoms with Gasteiger partial charge in [0.25, 0.3) is 0 Å². The van der Waals surface area contributed by atoms with E-state index in [1.54, 1.807) is 11.3 Å². The molecule has 4 heteroatoms. The van der Waals surface area contributed by atoms with E-state index in [9.17, 15) is 0 Å². The van der Waals surface area contributed by atoms with E-state index in [1.165, 1.54) is 103 Å². The fraction of sp³-hybridized carbons (Fsp3) is 0. The van der Waals surface area contributed by atoms with Crippen molar-refractivity contribution in [2.75, 3.05) is 0 Å². The molecular formula is C53H31N3S. The first-order chi connectivity index (χ1) is 28.3. The fourth-order valence-corrected chi connectivity index (χ4v) is 11.0. The van der Waals surface area contributed by atoms with Crippen LogP contribution >= 0.6 is 11.3 Å². The Morgan fingerprint density at radius 2 is 0.877 bits per heavy atom. The summed E-state index contributed by atoms with van der Waals surface area (Å²) in [5.74, 6) is 0. The minimum absolute atomic E-state index is 1.05. The van der Waals surface area contributed by atoms with Crippen molar-refractivity contribution in [3.63, 3.8) is 0 Å². The maximum Gasteiger partial charge on any atom is 0.124 e. The van der Waals surface area contributed by atoms with Crippen molar-refractivity contribution in [3.05, 3.63) is 188 Å². The quantitative estimate of drug-likeness (QED) is 0.165. The monoisotopic (exact) mass is 741 g/mol. The third kappa shape index (κ3) is 4.22. The van der Waals surface area contributed by atoms with Crippen molar-refractivity contribution < 1.29 is 0 Å². The molecule has 0 radical (unpaired) electrons. The van der Waals surface area contributed by atoms with Crippen LogP contribution in [0.5, 0.6) is 0 Å². The van der Waals surface area contributed by atoms with E-state index in [0.717, 1.165) is 16.2 Å². The number of rotatable bonds is 3. The molecule has 13 rings (SSSR count). The van der Waals surface area contributed by atoms with Gasteiger partial charge in [0.05, 0.1) is 26.8 Å². The molecule has 0 spiro atoms. The van der Waals surface area contributed by atoms with Crippen molar-refractivity contribution in [1.29, 1.82) is 0 Å². The van der Waals surface area contributed by atoms with Crippen molar-refractivity contribution >= 4 is 108 Å². The number of pyridine rings is 1. The van der Waals surface area contributed by atoms with Crippen LogP contribution in [0.4, 0.5) is 0 Å². The van der Waals surface area contributed by atoms with Crippen molar-refractivity contribution in [3.8, 4) is 22.5 Å². The second-order valence-electron chi connectivity index (χ2n) is 15.1. The van der Waals surface area contributed by atoms with Gasteiger partial charge in [-0.25, -0.2) is 4.98 Å². The first-order valence-corrected chi connectivity index (χ1v) is 20.3. The topological polar surface area (TPSA) is 22.8 Å². The summed E-state index contributed by atoms with van der Waals surface area (Å²) in [5.41, 5.74) is 9.54. The maximum absolute atomic E-state index is 4.96. The molecule has 0 amide bonds. The normalized spacial score (nSPS) is 12.2. The molecule has 0 bridgehead atoms. The van der Waals surface area contributed by atoms with E-state index in [-0.39, 0.29) is 0 Å². The predicted molar refractivity (Wildman–Crippen MR) is 244 cm³/mol. The summed E-state index contributed by atoms with van der Waals surface area (Å²) in [5, 5.41) is 15.2. The molecule has 0 unspecified atom stereocenters. The molecule has 3 nitrogen and oxygen atoms in total. The predicted octanol–water partition coefficient (Wildman–Crippen LogP) is 14.8. The van der Waals surface area contributed by atoms with Crippen LogP contribution in [0.2, 0.25) is 0 Å². The van der Waals surface area contributed by atoms with Gasteiger partial charge in [0.1, 0.15) is 4.83 Å². The van der Waals surface area contributed by atoms with Gasteiger partial charge in [-0.2, -0.15) is 0 Å². The molecule has 0 aliphatic carbocycles. The van der Waals surface area contributed by atoms with Gasteiger partial charge in [-0.3, -0.25) is 0 Å². The lowest BCUT2D eigenvalue weighted by Crippen LogP contribution is -1.96. The van der Waals surface area contributed by atoms with Crippen LogP contribution in [0.3, 0.4) is 0 Å². The van der Waals surface area contributed by atoms with Gasteiger partial charge in [0, 0.05) is 49.9 Å². The third-order valence-corrected chi connectivity index (χ3v) is 13.2. The Hall–Kier alpha value is -7.27. The van der Waals surface area contributed by atoms with E-state index < -0.39 is 0 Å². The van der Waals surface area contributed by atoms with Gasteiger partial charge in [-0.15, -0.1) is 11.3 Å². The third-order valence-electron chi connectivity index (χ3n) is 12.1. The minimum atomic E-state index is 1.05. The lowest BCUT2D eigenvalue weighted by atomic mass is 9.92. The van der Waals surface area contributed by atoms with Gasteiger partial charge in [-0.05, 0) is 98.0 Å². The summed E-state index contributed by atoms with van der Waals surface area (Å²) >= 11 is 1.80. The van der Waals surface area contributed by atoms with E-state index >= 15 is 0 Å². The molecule has 57 heavy (non-hydrogen) atoms. The molecule has 0 saturated heterocycles. The molecule has 9 aromatic carbocycles. The summed E-state index contributed by atoms with van der Waals surface area (Å²) in [6, 6.07) is 66.8. The average Bonchev–Trinajstić information content (AvgIpc) is 3.95. The summed E-state index contributed by atoms with van der Waals surface area (Å²) in [6.45, 7) is 0. The number of para-hydroxylation sites is 3. The summed E-state index contributed by atoms with van der Waals surface area (Å²) in [7, 11) is 0. The van der Waals surface area contributed by atoms with Crippen LogP contribution in [-0.2, 0) is 0 Å². The van der Waals surface area contributed by atoms with Crippen molar-refractivity contribution in [2.45, 2.75) is 0 Å². The zero-order valence-electron chi connectivity index (χ0n) is 30.6. The minimum Gasteiger partial charge on any atom is -0.309 e. The number of aromatic nitrogens is 3. The van der Waals surface area contributed by atoms with Gasteiger partial charge in [0.15, 0.2) is 0 Å². The fourth-order valence-electron chi connectivity index (χ4n) is 9.80. The van der Waals surface area contributed by atoms with Crippen LogP contribution in [-0.4, -0.2) is 14.1 Å². The zero-order chi connectivity index (χ0) is 37.2. The maximum atomic E-state index is 4.96. The molecular weight excluding hydrogens is 711 g/mol. The Kier molecular flexibility index (Phi) is 6.32. The first kappa shape index (κ1) is 31.0. The molecule has 4 aromatic heterocycles. The summed E-state index contributed by atoms with van der Waals surface area (Å²) in [4.78, 5) is 6.01. The Bertz CT molecular complexity index is 3770. The number of benzene rings is 9. The molecule has 0 saturated carbocycles. The molecule has 0 aliphatic heterocycles. The van der Waals surface area contributed by atoms with Crippen LogP contribution in [0.1, 0.15) is 0 Å². The second kappa shape index (κ2) is 11.6. The molecule has 0 aliphatic rings. The van der Waals surface area contributed by atoms with E-state index in [4.69, 9.17) is 4.98 Å². The molecule has 0 atom stereocenters. The largest absolute Gasteiger partial charge is 0.309 e. The van der Waals surface area contributed by atoms with E-state index in [1.807, 2.05) is 6.20 Å². The zero-order valence-corrected chi connectivity index (χ0v) is 31.5. The van der Waals surface area contributed by atoms with Crippen molar-refractivity contribution in [2.24, 2.45) is 0 Å². The standard InChI is InChI=1S/C53H31N3S/c1-2-15-34(16-3-1)55-45-25-10-8-22-41(45)47-48-42-23-9-11-26-46(42)56(51(48)52-49(50(47)55)43-24-13-29-54-53(43)57-52)35-17-12-14-32(30-35)33-27-28-40-38-20-5-4-18-36(38)37-19-6-7-21-39(37)44(40)31-33/h1-31H. The van der Waals surface area contributed by atoms with Crippen molar-refractivity contribution in [1.82, 2.24) is 14.1 Å². The Labute approximate surface area is 330 Å². The van der Waals surface area contributed by atoms with Gasteiger partial charge in [-0.1, -0.05) is 127 Å². The van der Waals surface area contributed by atoms with Crippen LogP contribution < -0.4 is 0 Å². The Morgan fingerprint density at radius 3 is 1.58 bits per heavy atom. The number of nitrogens with zero attached hydrogens (tertiary/aromatic N) is 3. The first-order valence-electron chi connectivity index (χ1n) is 19.5. The highest BCUT2D eigenvalue weighted by Gasteiger charge is 2.27. The summed E-state index contributed by atoms with van der Waals surface area (Å²) in [6.07, 6.45) is 1.92. The SMILES string of the molecule is c1ccc(-n2c3ccccc3c3c4c5ccccc5n(-c5cccc(-c6ccc7c8ccccc8c8ccccc8c7c6)c5)c4c4sc5ncccc5c4c32)cc1. The lowest BCUT2D eigenvalue weighted by molar-refractivity contribution is 1.18. The molecule has 0 N–H and O–H groups in total. The number of hydrogen-bond donors (Lipinski definition) is 0. The number of fused-ring (bicyclic) bond motifs is 18. The lowest BCUT2D eigenvalue weighted by Gasteiger charge is -2.14. The second-order valence-corrected chi connectivity index (χ2v) is 16.1. The Morgan fingerprint density at radius 1 is 0.351 bits per heavy atom. The molecule has 264 valence electrons. The summed E-state index contributed by atoms with van der Waals surface area (Å²) < 4.78 is 6.24. The molecule has 4 heterocycles.